The van der Waals surface area contributed by atoms with Crippen LogP contribution in [0.5, 0.6) is 0 Å². The van der Waals surface area contributed by atoms with Gasteiger partial charge in [0.05, 0.1) is 11.4 Å². The van der Waals surface area contributed by atoms with E-state index < -0.39 is 0 Å². The molecule has 0 saturated heterocycles. The zero-order valence-corrected chi connectivity index (χ0v) is 13.5. The van der Waals surface area contributed by atoms with Crippen LogP contribution in [-0.2, 0) is 6.54 Å². The molecule has 1 N–H and O–H groups in total. The maximum atomic E-state index is 4.63. The number of nitrogens with one attached hydrogen (secondary N) is 1. The molecule has 1 unspecified atom stereocenters. The molecule has 0 bridgehead atoms. The van der Waals surface area contributed by atoms with Crippen molar-refractivity contribution in [2.75, 3.05) is 6.54 Å². The van der Waals surface area contributed by atoms with Gasteiger partial charge in [-0.1, -0.05) is 33.8 Å². The second-order valence-electron chi connectivity index (χ2n) is 6.26. The van der Waals surface area contributed by atoms with E-state index in [1.54, 1.807) is 17.5 Å². The quantitative estimate of drug-likeness (QED) is 0.905. The van der Waals surface area contributed by atoms with Crippen LogP contribution in [0.4, 0.5) is 0 Å². The first-order chi connectivity index (χ1) is 9.47. The van der Waals surface area contributed by atoms with E-state index in [-0.39, 0.29) is 0 Å². The molecule has 0 saturated carbocycles. The van der Waals surface area contributed by atoms with Crippen molar-refractivity contribution in [1.29, 1.82) is 0 Å². The number of pyridine rings is 1. The van der Waals surface area contributed by atoms with Gasteiger partial charge in [-0.05, 0) is 30.0 Å². The van der Waals surface area contributed by atoms with E-state index >= 15 is 0 Å². The second-order valence-corrected chi connectivity index (χ2v) is 7.12. The highest BCUT2D eigenvalue weighted by molar-refractivity contribution is 7.13. The molecule has 0 amide bonds. The van der Waals surface area contributed by atoms with Crippen molar-refractivity contribution in [2.24, 2.45) is 11.3 Å². The number of rotatable bonds is 5. The minimum absolute atomic E-state index is 0.341. The molecular weight excluding hydrogens is 266 g/mol. The minimum Gasteiger partial charge on any atom is -0.311 e. The van der Waals surface area contributed by atoms with Crippen LogP contribution in [0.2, 0.25) is 0 Å². The molecule has 0 fully saturated rings. The molecule has 0 aromatic carbocycles. The van der Waals surface area contributed by atoms with E-state index in [0.717, 1.165) is 29.5 Å². The smallest absolute Gasteiger partial charge is 0.142 e. The molecule has 20 heavy (non-hydrogen) atoms. The van der Waals surface area contributed by atoms with Crippen molar-refractivity contribution >= 4 is 11.3 Å². The summed E-state index contributed by atoms with van der Waals surface area (Å²) in [5, 5.41) is 6.60. The summed E-state index contributed by atoms with van der Waals surface area (Å²) in [6, 6.07) is 5.91. The SMILES string of the molecule is CC(CNCc1csc(-c2ccccn2)n1)C(C)(C)C. The minimum atomic E-state index is 0.341. The lowest BCUT2D eigenvalue weighted by atomic mass is 9.82. The standard InChI is InChI=1S/C16H23N3S/c1-12(16(2,3)4)9-17-10-13-11-20-15(19-13)14-7-5-6-8-18-14/h5-8,11-12,17H,9-10H2,1-4H3. The van der Waals surface area contributed by atoms with Crippen molar-refractivity contribution in [3.63, 3.8) is 0 Å². The van der Waals surface area contributed by atoms with Crippen molar-refractivity contribution in [2.45, 2.75) is 34.2 Å². The Morgan fingerprint density at radius 1 is 1.30 bits per heavy atom. The third kappa shape index (κ3) is 4.12. The van der Waals surface area contributed by atoms with Crippen LogP contribution in [0.25, 0.3) is 10.7 Å². The fourth-order valence-corrected chi connectivity index (χ4v) is 2.51. The van der Waals surface area contributed by atoms with Gasteiger partial charge in [-0.15, -0.1) is 11.3 Å². The molecule has 4 heteroatoms. The molecular formula is C16H23N3S. The summed E-state index contributed by atoms with van der Waals surface area (Å²) in [5.41, 5.74) is 2.39. The summed E-state index contributed by atoms with van der Waals surface area (Å²) in [6.45, 7) is 11.0. The fourth-order valence-electron chi connectivity index (χ4n) is 1.72. The highest BCUT2D eigenvalue weighted by Crippen LogP contribution is 2.25. The number of nitrogens with zero attached hydrogens (tertiary/aromatic N) is 2. The first-order valence-corrected chi connectivity index (χ1v) is 7.91. The molecule has 2 aromatic heterocycles. The molecule has 2 aromatic rings. The van der Waals surface area contributed by atoms with Gasteiger partial charge >= 0.3 is 0 Å². The van der Waals surface area contributed by atoms with Gasteiger partial charge in [0.2, 0.25) is 0 Å². The highest BCUT2D eigenvalue weighted by Gasteiger charge is 2.19. The van der Waals surface area contributed by atoms with Crippen LogP contribution in [-0.4, -0.2) is 16.5 Å². The Labute approximate surface area is 125 Å². The molecule has 108 valence electrons. The van der Waals surface area contributed by atoms with Gasteiger partial charge < -0.3 is 5.32 Å². The summed E-state index contributed by atoms with van der Waals surface area (Å²) < 4.78 is 0. The Kier molecular flexibility index (Phi) is 4.89. The largest absolute Gasteiger partial charge is 0.311 e. The van der Waals surface area contributed by atoms with E-state index in [4.69, 9.17) is 0 Å². The van der Waals surface area contributed by atoms with E-state index in [1.807, 2.05) is 18.2 Å². The van der Waals surface area contributed by atoms with Crippen LogP contribution in [0.1, 0.15) is 33.4 Å². The van der Waals surface area contributed by atoms with E-state index in [0.29, 0.717) is 11.3 Å². The van der Waals surface area contributed by atoms with Crippen molar-refractivity contribution < 1.29 is 0 Å². The van der Waals surface area contributed by atoms with Crippen molar-refractivity contribution in [1.82, 2.24) is 15.3 Å². The average molecular weight is 289 g/mol. The van der Waals surface area contributed by atoms with Gasteiger partial charge in [0.15, 0.2) is 0 Å². The van der Waals surface area contributed by atoms with Crippen LogP contribution in [0.3, 0.4) is 0 Å². The van der Waals surface area contributed by atoms with Gasteiger partial charge in [-0.3, -0.25) is 4.98 Å². The molecule has 0 aliphatic rings. The zero-order valence-electron chi connectivity index (χ0n) is 12.7. The Balaban J connectivity index is 1.88. The Morgan fingerprint density at radius 2 is 2.10 bits per heavy atom. The van der Waals surface area contributed by atoms with Crippen molar-refractivity contribution in [3.8, 4) is 10.7 Å². The fraction of sp³-hybridized carbons (Fsp3) is 0.500. The number of aromatic nitrogens is 2. The lowest BCUT2D eigenvalue weighted by Gasteiger charge is -2.27. The molecule has 1 atom stereocenters. The van der Waals surface area contributed by atoms with Crippen LogP contribution in [0, 0.1) is 11.3 Å². The van der Waals surface area contributed by atoms with Crippen LogP contribution >= 0.6 is 11.3 Å². The van der Waals surface area contributed by atoms with Gasteiger partial charge in [0, 0.05) is 18.1 Å². The molecule has 3 nitrogen and oxygen atoms in total. The van der Waals surface area contributed by atoms with Crippen LogP contribution in [0.15, 0.2) is 29.8 Å². The summed E-state index contributed by atoms with van der Waals surface area (Å²) in [7, 11) is 0. The average Bonchev–Trinajstić information content (AvgIpc) is 2.87. The van der Waals surface area contributed by atoms with Crippen molar-refractivity contribution in [3.05, 3.63) is 35.5 Å². The monoisotopic (exact) mass is 289 g/mol. The predicted octanol–water partition coefficient (Wildman–Crippen LogP) is 3.98. The third-order valence-corrected chi connectivity index (χ3v) is 4.58. The first kappa shape index (κ1) is 15.1. The topological polar surface area (TPSA) is 37.8 Å². The van der Waals surface area contributed by atoms with E-state index in [9.17, 15) is 0 Å². The molecule has 2 heterocycles. The lowest BCUT2D eigenvalue weighted by molar-refractivity contribution is 0.252. The number of hydrogen-bond acceptors (Lipinski definition) is 4. The number of hydrogen-bond donors (Lipinski definition) is 1. The van der Waals surface area contributed by atoms with Gasteiger partial charge in [0.25, 0.3) is 0 Å². The van der Waals surface area contributed by atoms with Gasteiger partial charge in [-0.2, -0.15) is 0 Å². The molecule has 0 aliphatic heterocycles. The first-order valence-electron chi connectivity index (χ1n) is 7.03. The Morgan fingerprint density at radius 3 is 2.75 bits per heavy atom. The summed E-state index contributed by atoms with van der Waals surface area (Å²) in [6.07, 6.45) is 1.81. The Hall–Kier alpha value is -1.26. The predicted molar refractivity (Wildman–Crippen MR) is 85.7 cm³/mol. The van der Waals surface area contributed by atoms with Gasteiger partial charge in [0.1, 0.15) is 5.01 Å². The highest BCUT2D eigenvalue weighted by atomic mass is 32.1. The summed E-state index contributed by atoms with van der Waals surface area (Å²) in [4.78, 5) is 8.96. The van der Waals surface area contributed by atoms with Crippen LogP contribution < -0.4 is 5.32 Å². The maximum Gasteiger partial charge on any atom is 0.142 e. The second kappa shape index (κ2) is 6.46. The maximum absolute atomic E-state index is 4.63. The molecule has 2 rings (SSSR count). The normalized spacial score (nSPS) is 13.4. The Bertz CT molecular complexity index is 528. The molecule has 0 spiro atoms. The van der Waals surface area contributed by atoms with E-state index in [1.165, 1.54) is 0 Å². The summed E-state index contributed by atoms with van der Waals surface area (Å²) in [5.74, 6) is 0.636. The number of thiazole rings is 1. The molecule has 0 radical (unpaired) electrons. The zero-order chi connectivity index (χ0) is 14.6. The third-order valence-electron chi connectivity index (χ3n) is 3.67. The molecule has 0 aliphatic carbocycles. The van der Waals surface area contributed by atoms with E-state index in [2.05, 4.69) is 48.4 Å². The summed E-state index contributed by atoms with van der Waals surface area (Å²) >= 11 is 1.65. The lowest BCUT2D eigenvalue weighted by Crippen LogP contribution is -2.29. The van der Waals surface area contributed by atoms with Gasteiger partial charge in [-0.25, -0.2) is 4.98 Å².